The summed E-state index contributed by atoms with van der Waals surface area (Å²) in [6.07, 6.45) is -0.343. The van der Waals surface area contributed by atoms with Crippen LogP contribution in [0.25, 0.3) is 10.9 Å². The molecule has 3 heterocycles. The van der Waals surface area contributed by atoms with Crippen molar-refractivity contribution in [2.75, 3.05) is 13.6 Å². The second-order valence-corrected chi connectivity index (χ2v) is 7.48. The van der Waals surface area contributed by atoms with Crippen molar-refractivity contribution in [3.8, 4) is 0 Å². The lowest BCUT2D eigenvalue weighted by atomic mass is 9.94. The van der Waals surface area contributed by atoms with Gasteiger partial charge in [0.15, 0.2) is 0 Å². The first-order valence-corrected chi connectivity index (χ1v) is 9.72. The summed E-state index contributed by atoms with van der Waals surface area (Å²) >= 11 is 0. The summed E-state index contributed by atoms with van der Waals surface area (Å²) in [4.78, 5) is 6.01. The number of rotatable bonds is 4. The SMILES string of the molecule is CC[C@H]1c2c(n(CCc3ccc(C(F)(F)F)nc3)c3ccccc23)CCN1C. The van der Waals surface area contributed by atoms with Crippen molar-refractivity contribution in [1.29, 1.82) is 0 Å². The third-order valence-corrected chi connectivity index (χ3v) is 5.81. The number of aromatic nitrogens is 2. The third kappa shape index (κ3) is 3.30. The van der Waals surface area contributed by atoms with E-state index in [-0.39, 0.29) is 0 Å². The van der Waals surface area contributed by atoms with E-state index in [1.165, 1.54) is 34.4 Å². The smallest absolute Gasteiger partial charge is 0.344 e. The number of benzene rings is 1. The van der Waals surface area contributed by atoms with Crippen LogP contribution in [0.1, 0.15) is 41.9 Å². The first-order chi connectivity index (χ1) is 13.4. The minimum Gasteiger partial charge on any atom is -0.344 e. The Kier molecular flexibility index (Phi) is 4.91. The zero-order valence-electron chi connectivity index (χ0n) is 16.1. The molecule has 3 nitrogen and oxygen atoms in total. The van der Waals surface area contributed by atoms with Gasteiger partial charge in [-0.3, -0.25) is 9.88 Å². The number of pyridine rings is 1. The largest absolute Gasteiger partial charge is 0.433 e. The Hall–Kier alpha value is -2.34. The number of alkyl halides is 3. The third-order valence-electron chi connectivity index (χ3n) is 5.81. The Morgan fingerprint density at radius 1 is 1.14 bits per heavy atom. The summed E-state index contributed by atoms with van der Waals surface area (Å²) in [5, 5.41) is 1.29. The molecular weight excluding hydrogens is 363 g/mol. The Morgan fingerprint density at radius 2 is 1.93 bits per heavy atom. The number of likely N-dealkylation sites (N-methyl/N-ethyl adjacent to an activating group) is 1. The number of nitrogens with zero attached hydrogens (tertiary/aromatic N) is 3. The number of fused-ring (bicyclic) bond motifs is 3. The first-order valence-electron chi connectivity index (χ1n) is 9.72. The van der Waals surface area contributed by atoms with Crippen LogP contribution in [0.2, 0.25) is 0 Å². The molecule has 2 aromatic heterocycles. The minimum absolute atomic E-state index is 0.405. The molecule has 0 unspecified atom stereocenters. The number of para-hydroxylation sites is 1. The molecular formula is C22H24F3N3. The molecule has 0 saturated carbocycles. The molecule has 0 saturated heterocycles. The highest BCUT2D eigenvalue weighted by atomic mass is 19.4. The van der Waals surface area contributed by atoms with Crippen LogP contribution >= 0.6 is 0 Å². The second kappa shape index (κ2) is 7.24. The van der Waals surface area contributed by atoms with Gasteiger partial charge >= 0.3 is 6.18 Å². The lowest BCUT2D eigenvalue weighted by molar-refractivity contribution is -0.141. The fourth-order valence-electron chi connectivity index (χ4n) is 4.44. The molecule has 3 aromatic rings. The van der Waals surface area contributed by atoms with Crippen molar-refractivity contribution in [3.05, 3.63) is 65.1 Å². The summed E-state index contributed by atoms with van der Waals surface area (Å²) in [7, 11) is 2.18. The lowest BCUT2D eigenvalue weighted by Crippen LogP contribution is -2.32. The van der Waals surface area contributed by atoms with Crippen molar-refractivity contribution < 1.29 is 13.2 Å². The van der Waals surface area contributed by atoms with Gasteiger partial charge in [-0.1, -0.05) is 31.2 Å². The monoisotopic (exact) mass is 387 g/mol. The topological polar surface area (TPSA) is 21.1 Å². The van der Waals surface area contributed by atoms with Crippen molar-refractivity contribution in [2.24, 2.45) is 0 Å². The highest BCUT2D eigenvalue weighted by Crippen LogP contribution is 2.38. The van der Waals surface area contributed by atoms with Crippen LogP contribution in [0.5, 0.6) is 0 Å². The molecule has 28 heavy (non-hydrogen) atoms. The minimum atomic E-state index is -4.39. The highest BCUT2D eigenvalue weighted by Gasteiger charge is 2.32. The molecule has 4 rings (SSSR count). The van der Waals surface area contributed by atoms with Crippen LogP contribution in [0.15, 0.2) is 42.6 Å². The van der Waals surface area contributed by atoms with E-state index in [1.807, 2.05) is 0 Å². The molecule has 0 N–H and O–H groups in total. The molecule has 0 radical (unpaired) electrons. The average molecular weight is 387 g/mol. The number of hydrogen-bond acceptors (Lipinski definition) is 2. The van der Waals surface area contributed by atoms with Gasteiger partial charge in [0.05, 0.1) is 0 Å². The van der Waals surface area contributed by atoms with E-state index in [2.05, 4.69) is 52.7 Å². The van der Waals surface area contributed by atoms with Gasteiger partial charge in [0.25, 0.3) is 0 Å². The van der Waals surface area contributed by atoms with E-state index < -0.39 is 11.9 Å². The van der Waals surface area contributed by atoms with E-state index >= 15 is 0 Å². The van der Waals surface area contributed by atoms with Crippen molar-refractivity contribution in [3.63, 3.8) is 0 Å². The number of halogens is 3. The van der Waals surface area contributed by atoms with Gasteiger partial charge in [0.2, 0.25) is 0 Å². The number of aryl methyl sites for hydroxylation is 2. The van der Waals surface area contributed by atoms with Crippen molar-refractivity contribution in [2.45, 2.75) is 44.9 Å². The molecule has 6 heteroatoms. The van der Waals surface area contributed by atoms with Gasteiger partial charge in [-0.2, -0.15) is 13.2 Å². The predicted molar refractivity (Wildman–Crippen MR) is 104 cm³/mol. The Morgan fingerprint density at radius 3 is 2.61 bits per heavy atom. The van der Waals surface area contributed by atoms with Gasteiger partial charge < -0.3 is 4.57 Å². The molecule has 1 atom stereocenters. The molecule has 0 fully saturated rings. The Bertz CT molecular complexity index is 973. The zero-order valence-corrected chi connectivity index (χ0v) is 16.1. The van der Waals surface area contributed by atoms with Crippen LogP contribution in [-0.4, -0.2) is 28.0 Å². The van der Waals surface area contributed by atoms with Gasteiger partial charge in [-0.15, -0.1) is 0 Å². The Labute approximate surface area is 162 Å². The fraction of sp³-hybridized carbons (Fsp3) is 0.409. The maximum Gasteiger partial charge on any atom is 0.433 e. The first kappa shape index (κ1) is 19.0. The van der Waals surface area contributed by atoms with Crippen LogP contribution in [0.3, 0.4) is 0 Å². The molecule has 1 aromatic carbocycles. The van der Waals surface area contributed by atoms with Gasteiger partial charge in [0, 0.05) is 48.3 Å². The normalized spacial score (nSPS) is 17.8. The van der Waals surface area contributed by atoms with E-state index in [0.717, 1.165) is 37.6 Å². The lowest BCUT2D eigenvalue weighted by Gasteiger charge is -2.33. The van der Waals surface area contributed by atoms with Crippen LogP contribution in [0.4, 0.5) is 13.2 Å². The maximum atomic E-state index is 12.7. The van der Waals surface area contributed by atoms with Crippen LogP contribution in [0, 0.1) is 0 Å². The number of hydrogen-bond donors (Lipinski definition) is 0. The van der Waals surface area contributed by atoms with E-state index in [0.29, 0.717) is 12.5 Å². The standard InChI is InChI=1S/C22H24F3N3/c1-3-17-21-16-6-4-5-7-18(16)28(19(21)11-12-27(17)2)13-10-15-8-9-20(26-14-15)22(23,24)25/h4-9,14,17H,3,10-13H2,1-2H3/t17-/m0/s1. The van der Waals surface area contributed by atoms with E-state index in [9.17, 15) is 13.2 Å². The van der Waals surface area contributed by atoms with E-state index in [4.69, 9.17) is 0 Å². The highest BCUT2D eigenvalue weighted by molar-refractivity contribution is 5.86. The van der Waals surface area contributed by atoms with Crippen molar-refractivity contribution >= 4 is 10.9 Å². The predicted octanol–water partition coefficient (Wildman–Crippen LogP) is 5.24. The summed E-state index contributed by atoms with van der Waals surface area (Å²) in [5.74, 6) is 0. The summed E-state index contributed by atoms with van der Waals surface area (Å²) in [6, 6.07) is 11.5. The van der Waals surface area contributed by atoms with Gasteiger partial charge in [0.1, 0.15) is 5.69 Å². The van der Waals surface area contributed by atoms with Gasteiger partial charge in [-0.05, 0) is 43.1 Å². The molecule has 1 aliphatic heterocycles. The summed E-state index contributed by atoms with van der Waals surface area (Å²) < 4.78 is 40.5. The molecule has 148 valence electrons. The van der Waals surface area contributed by atoms with Crippen molar-refractivity contribution in [1.82, 2.24) is 14.5 Å². The second-order valence-electron chi connectivity index (χ2n) is 7.48. The fourth-order valence-corrected chi connectivity index (χ4v) is 4.44. The van der Waals surface area contributed by atoms with Crippen LogP contribution < -0.4 is 0 Å². The van der Waals surface area contributed by atoms with E-state index in [1.54, 1.807) is 0 Å². The molecule has 0 bridgehead atoms. The quantitative estimate of drug-likeness (QED) is 0.611. The molecule has 0 spiro atoms. The Balaban J connectivity index is 1.66. The zero-order chi connectivity index (χ0) is 19.9. The summed E-state index contributed by atoms with van der Waals surface area (Å²) in [6.45, 7) is 3.98. The summed E-state index contributed by atoms with van der Waals surface area (Å²) in [5.41, 5.74) is 3.97. The van der Waals surface area contributed by atoms with Crippen LogP contribution in [-0.2, 0) is 25.6 Å². The molecule has 0 amide bonds. The molecule has 0 aliphatic carbocycles. The average Bonchev–Trinajstić information content (AvgIpc) is 3.00. The van der Waals surface area contributed by atoms with Gasteiger partial charge in [-0.25, -0.2) is 0 Å². The molecule has 1 aliphatic rings. The maximum absolute atomic E-state index is 12.7.